The first-order chi connectivity index (χ1) is 16.4. The van der Waals surface area contributed by atoms with Crippen LogP contribution < -0.4 is 10.1 Å². The molecule has 6 heteroatoms. The van der Waals surface area contributed by atoms with Crippen LogP contribution in [0.25, 0.3) is 0 Å². The molecule has 34 heavy (non-hydrogen) atoms. The number of anilines is 1. The van der Waals surface area contributed by atoms with Gasteiger partial charge in [-0.05, 0) is 42.4 Å². The first-order valence-corrected chi connectivity index (χ1v) is 12.2. The average molecular weight is 462 g/mol. The van der Waals surface area contributed by atoms with Crippen molar-refractivity contribution in [3.05, 3.63) is 77.2 Å². The fourth-order valence-electron chi connectivity index (χ4n) is 4.45. The predicted molar refractivity (Wildman–Crippen MR) is 134 cm³/mol. The Balaban J connectivity index is 1.73. The number of amides is 1. The summed E-state index contributed by atoms with van der Waals surface area (Å²) in [5.41, 5.74) is 3.97. The van der Waals surface area contributed by atoms with Crippen molar-refractivity contribution in [2.45, 2.75) is 59.7 Å². The van der Waals surface area contributed by atoms with Crippen molar-refractivity contribution in [2.24, 2.45) is 11.8 Å². The zero-order valence-electron chi connectivity index (χ0n) is 20.6. The number of aromatic nitrogens is 1. The van der Waals surface area contributed by atoms with E-state index < -0.39 is 0 Å². The zero-order chi connectivity index (χ0) is 24.1. The van der Waals surface area contributed by atoms with Crippen molar-refractivity contribution in [3.63, 3.8) is 0 Å². The summed E-state index contributed by atoms with van der Waals surface area (Å²) in [5.74, 6) is 1.80. The predicted octanol–water partition coefficient (Wildman–Crippen LogP) is 5.93. The molecule has 0 radical (unpaired) electrons. The van der Waals surface area contributed by atoms with Gasteiger partial charge in [-0.15, -0.1) is 0 Å². The van der Waals surface area contributed by atoms with Crippen LogP contribution in [-0.2, 0) is 19.5 Å². The maximum absolute atomic E-state index is 13.8. The number of ether oxygens (including phenoxy) is 1. The van der Waals surface area contributed by atoms with Crippen molar-refractivity contribution in [3.8, 4) is 5.75 Å². The van der Waals surface area contributed by atoms with Crippen LogP contribution in [-0.4, -0.2) is 28.6 Å². The lowest BCUT2D eigenvalue weighted by Gasteiger charge is -2.32. The normalized spacial score (nSPS) is 16.3. The Morgan fingerprint density at radius 2 is 1.79 bits per heavy atom. The Labute approximate surface area is 202 Å². The molecule has 180 valence electrons. The molecule has 1 aromatic heterocycles. The second-order valence-electron chi connectivity index (χ2n) is 9.93. The van der Waals surface area contributed by atoms with Crippen LogP contribution in [0, 0.1) is 11.8 Å². The van der Waals surface area contributed by atoms with E-state index >= 15 is 0 Å². The van der Waals surface area contributed by atoms with Gasteiger partial charge in [0.05, 0.1) is 11.7 Å². The Kier molecular flexibility index (Phi) is 7.56. The quantitative estimate of drug-likeness (QED) is 0.510. The van der Waals surface area contributed by atoms with Gasteiger partial charge < -0.3 is 19.5 Å². The highest BCUT2D eigenvalue weighted by molar-refractivity contribution is 5.91. The SMILES string of the molecule is CC(C)Cc1cc(C(=O)N2Cc3ccccc3NCc3ccccc3OC[C@@H]2CC(C)C)on1. The largest absolute Gasteiger partial charge is 0.491 e. The molecule has 4 rings (SSSR count). The van der Waals surface area contributed by atoms with Gasteiger partial charge in [-0.3, -0.25) is 4.79 Å². The standard InChI is InChI=1S/C28H35N3O3/c1-19(2)13-23-15-27(34-30-23)28(32)31-17-22-10-5-7-11-25(22)29-16-21-9-6-8-12-26(21)33-18-24(31)14-20(3)4/h5-12,15,19-20,24,29H,13-14,16-18H2,1-4H3/t24-/m0/s1. The summed E-state index contributed by atoms with van der Waals surface area (Å²) in [6, 6.07) is 17.9. The second-order valence-corrected chi connectivity index (χ2v) is 9.93. The highest BCUT2D eigenvalue weighted by Crippen LogP contribution is 2.27. The lowest BCUT2D eigenvalue weighted by atomic mass is 10.0. The van der Waals surface area contributed by atoms with Gasteiger partial charge in [0.25, 0.3) is 5.91 Å². The number of benzene rings is 2. The Hall–Kier alpha value is -3.28. The second kappa shape index (κ2) is 10.8. The molecule has 1 N–H and O–H groups in total. The minimum atomic E-state index is -0.154. The molecule has 0 fully saturated rings. The van der Waals surface area contributed by atoms with Gasteiger partial charge in [0.1, 0.15) is 12.4 Å². The van der Waals surface area contributed by atoms with Gasteiger partial charge in [0.15, 0.2) is 0 Å². The molecule has 1 aliphatic heterocycles. The molecule has 2 aromatic carbocycles. The number of nitrogens with zero attached hydrogens (tertiary/aromatic N) is 2. The van der Waals surface area contributed by atoms with Crippen molar-refractivity contribution in [1.29, 1.82) is 0 Å². The Morgan fingerprint density at radius 1 is 1.06 bits per heavy atom. The van der Waals surface area contributed by atoms with Gasteiger partial charge in [-0.1, -0.05) is 69.2 Å². The van der Waals surface area contributed by atoms with Crippen LogP contribution in [0.3, 0.4) is 0 Å². The molecule has 0 aliphatic carbocycles. The maximum Gasteiger partial charge on any atom is 0.293 e. The minimum Gasteiger partial charge on any atom is -0.491 e. The summed E-state index contributed by atoms with van der Waals surface area (Å²) in [4.78, 5) is 15.7. The topological polar surface area (TPSA) is 67.6 Å². The number of para-hydroxylation sites is 2. The van der Waals surface area contributed by atoms with Crippen LogP contribution in [0.5, 0.6) is 5.75 Å². The fourth-order valence-corrected chi connectivity index (χ4v) is 4.45. The zero-order valence-corrected chi connectivity index (χ0v) is 20.6. The number of hydrogen-bond donors (Lipinski definition) is 1. The van der Waals surface area contributed by atoms with E-state index in [4.69, 9.17) is 9.26 Å². The fraction of sp³-hybridized carbons (Fsp3) is 0.429. The van der Waals surface area contributed by atoms with Crippen molar-refractivity contribution < 1.29 is 14.1 Å². The van der Waals surface area contributed by atoms with Gasteiger partial charge in [0.2, 0.25) is 5.76 Å². The minimum absolute atomic E-state index is 0.120. The summed E-state index contributed by atoms with van der Waals surface area (Å²) >= 11 is 0. The molecule has 0 bridgehead atoms. The number of nitrogens with one attached hydrogen (secondary N) is 1. The molecule has 0 spiro atoms. The molecule has 3 aromatic rings. The average Bonchev–Trinajstić information content (AvgIpc) is 3.26. The van der Waals surface area contributed by atoms with E-state index in [1.165, 1.54) is 0 Å². The molecule has 6 nitrogen and oxygen atoms in total. The molecule has 2 heterocycles. The van der Waals surface area contributed by atoms with E-state index in [9.17, 15) is 4.79 Å². The van der Waals surface area contributed by atoms with Crippen LogP contribution in [0.4, 0.5) is 5.69 Å². The molecule has 1 atom stereocenters. The molecule has 0 saturated heterocycles. The van der Waals surface area contributed by atoms with E-state index in [1.54, 1.807) is 6.07 Å². The molecule has 0 unspecified atom stereocenters. The number of carbonyl (C=O) groups is 1. The van der Waals surface area contributed by atoms with Gasteiger partial charge in [-0.25, -0.2) is 0 Å². The lowest BCUT2D eigenvalue weighted by Crippen LogP contribution is -2.44. The Bertz CT molecular complexity index is 1110. The summed E-state index contributed by atoms with van der Waals surface area (Å²) in [6.45, 7) is 10.1. The van der Waals surface area contributed by atoms with Crippen molar-refractivity contribution >= 4 is 11.6 Å². The third-order valence-electron chi connectivity index (χ3n) is 6.06. The molecule has 1 amide bonds. The van der Waals surface area contributed by atoms with E-state index in [1.807, 2.05) is 35.2 Å². The van der Waals surface area contributed by atoms with Crippen molar-refractivity contribution in [1.82, 2.24) is 10.1 Å². The molecular weight excluding hydrogens is 426 g/mol. The number of fused-ring (bicyclic) bond motifs is 2. The summed E-state index contributed by atoms with van der Waals surface area (Å²) in [6.07, 6.45) is 1.59. The lowest BCUT2D eigenvalue weighted by molar-refractivity contribution is 0.0517. The van der Waals surface area contributed by atoms with E-state index in [2.05, 4.69) is 56.4 Å². The van der Waals surface area contributed by atoms with Crippen molar-refractivity contribution in [2.75, 3.05) is 11.9 Å². The smallest absolute Gasteiger partial charge is 0.293 e. The molecular formula is C28H35N3O3. The molecule has 0 saturated carbocycles. The highest BCUT2D eigenvalue weighted by Gasteiger charge is 2.30. The first kappa shape index (κ1) is 23.9. The number of hydrogen-bond acceptors (Lipinski definition) is 5. The van der Waals surface area contributed by atoms with Gasteiger partial charge in [0, 0.05) is 30.4 Å². The van der Waals surface area contributed by atoms with Crippen LogP contribution in [0.2, 0.25) is 0 Å². The summed E-state index contributed by atoms with van der Waals surface area (Å²) in [7, 11) is 0. The number of rotatable bonds is 5. The van der Waals surface area contributed by atoms with Gasteiger partial charge in [-0.2, -0.15) is 0 Å². The maximum atomic E-state index is 13.8. The van der Waals surface area contributed by atoms with Crippen LogP contribution in [0.15, 0.2) is 59.1 Å². The Morgan fingerprint density at radius 3 is 2.56 bits per heavy atom. The molecule has 1 aliphatic rings. The summed E-state index contributed by atoms with van der Waals surface area (Å²) in [5, 5.41) is 7.70. The highest BCUT2D eigenvalue weighted by atomic mass is 16.5. The van der Waals surface area contributed by atoms with E-state index in [-0.39, 0.29) is 17.7 Å². The summed E-state index contributed by atoms with van der Waals surface area (Å²) < 4.78 is 11.9. The van der Waals surface area contributed by atoms with E-state index in [0.29, 0.717) is 31.5 Å². The number of carbonyl (C=O) groups excluding carboxylic acids is 1. The third-order valence-corrected chi connectivity index (χ3v) is 6.06. The van der Waals surface area contributed by atoms with E-state index in [0.717, 1.165) is 41.1 Å². The first-order valence-electron chi connectivity index (χ1n) is 12.2. The monoisotopic (exact) mass is 461 g/mol. The van der Waals surface area contributed by atoms with Crippen LogP contribution in [0.1, 0.15) is 61.5 Å². The van der Waals surface area contributed by atoms with Gasteiger partial charge >= 0.3 is 0 Å². The van der Waals surface area contributed by atoms with Crippen LogP contribution >= 0.6 is 0 Å². The third kappa shape index (κ3) is 5.79.